The molecule has 17 heavy (non-hydrogen) atoms. The van der Waals surface area contributed by atoms with E-state index >= 15 is 0 Å². The molecule has 1 saturated heterocycles. The van der Waals surface area contributed by atoms with E-state index in [9.17, 15) is 4.79 Å². The van der Waals surface area contributed by atoms with Gasteiger partial charge >= 0.3 is 0 Å². The summed E-state index contributed by atoms with van der Waals surface area (Å²) in [5, 5.41) is 8.82. The van der Waals surface area contributed by atoms with E-state index in [1.165, 1.54) is 0 Å². The highest BCUT2D eigenvalue weighted by Crippen LogP contribution is 2.24. The number of nitrogens with zero attached hydrogens (tertiary/aromatic N) is 3. The average Bonchev–Trinajstić information content (AvgIpc) is 2.70. The first-order valence-corrected chi connectivity index (χ1v) is 5.93. The number of anilines is 1. The zero-order chi connectivity index (χ0) is 12.4. The van der Waals surface area contributed by atoms with Gasteiger partial charge in [-0.25, -0.2) is 4.98 Å². The van der Waals surface area contributed by atoms with E-state index in [0.29, 0.717) is 35.9 Å². The molecule has 1 atom stereocenters. The Balaban J connectivity index is 2.27. The second-order valence-corrected chi connectivity index (χ2v) is 4.45. The first-order chi connectivity index (χ1) is 8.15. The van der Waals surface area contributed by atoms with E-state index < -0.39 is 0 Å². The maximum atomic E-state index is 11.8. The Morgan fingerprint density at radius 3 is 2.94 bits per heavy atom. The molecule has 0 radical (unpaired) electrons. The smallest absolute Gasteiger partial charge is 0.228 e. The number of alkyl halides is 1. The number of rotatable bonds is 2. The molecule has 0 bridgehead atoms. The van der Waals surface area contributed by atoms with Gasteiger partial charge in [0, 0.05) is 18.8 Å². The summed E-state index contributed by atoms with van der Waals surface area (Å²) in [6, 6.07) is 5.46. The molecule has 0 aromatic carbocycles. The molecule has 88 valence electrons. The molecule has 0 saturated carbocycles. The number of hydrogen-bond donors (Lipinski definition) is 0. The van der Waals surface area contributed by atoms with E-state index in [2.05, 4.69) is 11.1 Å². The van der Waals surface area contributed by atoms with Crippen molar-refractivity contribution in [3.8, 4) is 6.07 Å². The van der Waals surface area contributed by atoms with Crippen molar-refractivity contribution >= 4 is 23.3 Å². The second-order valence-electron chi connectivity index (χ2n) is 4.14. The van der Waals surface area contributed by atoms with Crippen molar-refractivity contribution in [1.29, 1.82) is 5.26 Å². The van der Waals surface area contributed by atoms with Gasteiger partial charge in [-0.05, 0) is 25.0 Å². The zero-order valence-corrected chi connectivity index (χ0v) is 10.2. The Bertz CT molecular complexity index is 495. The van der Waals surface area contributed by atoms with Gasteiger partial charge in [-0.3, -0.25) is 9.69 Å². The summed E-state index contributed by atoms with van der Waals surface area (Å²) in [6.07, 6.45) is 0.476. The molecule has 2 heterocycles. The lowest BCUT2D eigenvalue weighted by Gasteiger charge is -2.15. The Labute approximate surface area is 105 Å². The average molecular weight is 250 g/mol. The summed E-state index contributed by atoms with van der Waals surface area (Å²) in [5.74, 6) is 1.34. The SMILES string of the molecule is Cc1nc(N2CC(CCl)CC2=O)ccc1C#N. The lowest BCUT2D eigenvalue weighted by atomic mass is 10.1. The van der Waals surface area contributed by atoms with Crippen LogP contribution in [-0.4, -0.2) is 23.3 Å². The number of aryl methyl sites for hydroxylation is 1. The van der Waals surface area contributed by atoms with E-state index in [1.54, 1.807) is 24.0 Å². The molecule has 1 aliphatic heterocycles. The molecule has 0 aliphatic carbocycles. The molecule has 2 rings (SSSR count). The van der Waals surface area contributed by atoms with E-state index in [4.69, 9.17) is 16.9 Å². The monoisotopic (exact) mass is 249 g/mol. The van der Waals surface area contributed by atoms with Crippen molar-refractivity contribution < 1.29 is 4.79 Å². The van der Waals surface area contributed by atoms with Gasteiger partial charge in [0.2, 0.25) is 5.91 Å². The van der Waals surface area contributed by atoms with Crippen LogP contribution in [0.5, 0.6) is 0 Å². The Kier molecular flexibility index (Phi) is 3.30. The maximum absolute atomic E-state index is 11.8. The number of carbonyl (C=O) groups excluding carboxylic acids is 1. The molecule has 0 N–H and O–H groups in total. The van der Waals surface area contributed by atoms with Crippen LogP contribution in [0.2, 0.25) is 0 Å². The molecule has 0 spiro atoms. The summed E-state index contributed by atoms with van der Waals surface area (Å²) in [4.78, 5) is 17.7. The van der Waals surface area contributed by atoms with E-state index in [0.717, 1.165) is 0 Å². The maximum Gasteiger partial charge on any atom is 0.228 e. The fourth-order valence-corrected chi connectivity index (χ4v) is 2.13. The van der Waals surface area contributed by atoms with Crippen molar-refractivity contribution in [3.05, 3.63) is 23.4 Å². The predicted molar refractivity (Wildman–Crippen MR) is 64.9 cm³/mol. The minimum absolute atomic E-state index is 0.0484. The van der Waals surface area contributed by atoms with Crippen molar-refractivity contribution in [2.75, 3.05) is 17.3 Å². The van der Waals surface area contributed by atoms with Crippen LogP contribution in [0.3, 0.4) is 0 Å². The lowest BCUT2D eigenvalue weighted by Crippen LogP contribution is -2.25. The summed E-state index contributed by atoms with van der Waals surface area (Å²) in [7, 11) is 0. The van der Waals surface area contributed by atoms with Gasteiger partial charge in [-0.15, -0.1) is 11.6 Å². The third-order valence-electron chi connectivity index (χ3n) is 2.89. The van der Waals surface area contributed by atoms with Gasteiger partial charge in [-0.1, -0.05) is 0 Å². The topological polar surface area (TPSA) is 57.0 Å². The normalized spacial score (nSPS) is 19.5. The van der Waals surface area contributed by atoms with Crippen LogP contribution in [0.15, 0.2) is 12.1 Å². The highest BCUT2D eigenvalue weighted by atomic mass is 35.5. The Morgan fingerprint density at radius 2 is 2.41 bits per heavy atom. The number of aromatic nitrogens is 1. The summed E-state index contributed by atoms with van der Waals surface area (Å²) in [6.45, 7) is 2.38. The highest BCUT2D eigenvalue weighted by Gasteiger charge is 2.30. The summed E-state index contributed by atoms with van der Waals surface area (Å²) >= 11 is 5.76. The molecule has 1 aromatic heterocycles. The number of hydrogen-bond acceptors (Lipinski definition) is 3. The number of pyridine rings is 1. The first-order valence-electron chi connectivity index (χ1n) is 5.39. The van der Waals surface area contributed by atoms with Gasteiger partial charge in [0.25, 0.3) is 0 Å². The van der Waals surface area contributed by atoms with Gasteiger partial charge in [0.1, 0.15) is 11.9 Å². The third-order valence-corrected chi connectivity index (χ3v) is 3.33. The van der Waals surface area contributed by atoms with Gasteiger partial charge < -0.3 is 0 Å². The van der Waals surface area contributed by atoms with Crippen LogP contribution in [-0.2, 0) is 4.79 Å². The number of amides is 1. The zero-order valence-electron chi connectivity index (χ0n) is 9.48. The van der Waals surface area contributed by atoms with Crippen molar-refractivity contribution in [2.45, 2.75) is 13.3 Å². The van der Waals surface area contributed by atoms with Gasteiger partial charge in [-0.2, -0.15) is 5.26 Å². The Hall–Kier alpha value is -1.60. The van der Waals surface area contributed by atoms with Gasteiger partial charge in [0.15, 0.2) is 0 Å². The largest absolute Gasteiger partial charge is 0.296 e. The standard InChI is InChI=1S/C12H12ClN3O/c1-8-10(6-14)2-3-11(15-8)16-7-9(5-13)4-12(16)17/h2-3,9H,4-5,7H2,1H3. The molecule has 5 heteroatoms. The highest BCUT2D eigenvalue weighted by molar-refractivity contribution is 6.18. The first kappa shape index (κ1) is 11.9. The molecule has 1 aliphatic rings. The number of carbonyl (C=O) groups is 1. The van der Waals surface area contributed by atoms with Crippen molar-refractivity contribution in [3.63, 3.8) is 0 Å². The fraction of sp³-hybridized carbons (Fsp3) is 0.417. The third kappa shape index (κ3) is 2.25. The van der Waals surface area contributed by atoms with Crippen molar-refractivity contribution in [1.82, 2.24) is 4.98 Å². The quantitative estimate of drug-likeness (QED) is 0.752. The minimum Gasteiger partial charge on any atom is -0.296 e. The number of nitriles is 1. The molecule has 1 fully saturated rings. The molecular formula is C12H12ClN3O. The van der Waals surface area contributed by atoms with E-state index in [1.807, 2.05) is 0 Å². The van der Waals surface area contributed by atoms with Crippen LogP contribution in [0, 0.1) is 24.2 Å². The fourth-order valence-electron chi connectivity index (χ4n) is 1.92. The molecule has 1 aromatic rings. The van der Waals surface area contributed by atoms with Crippen LogP contribution in [0.25, 0.3) is 0 Å². The Morgan fingerprint density at radius 1 is 1.65 bits per heavy atom. The van der Waals surface area contributed by atoms with Crippen LogP contribution in [0.4, 0.5) is 5.82 Å². The molecule has 4 nitrogen and oxygen atoms in total. The molecule has 1 amide bonds. The van der Waals surface area contributed by atoms with Crippen LogP contribution < -0.4 is 4.90 Å². The predicted octanol–water partition coefficient (Wildman–Crippen LogP) is 1.85. The second kappa shape index (κ2) is 4.72. The minimum atomic E-state index is 0.0484. The van der Waals surface area contributed by atoms with Crippen LogP contribution in [0.1, 0.15) is 17.7 Å². The lowest BCUT2D eigenvalue weighted by molar-refractivity contribution is -0.117. The summed E-state index contributed by atoms with van der Waals surface area (Å²) in [5.41, 5.74) is 1.18. The molecular weight excluding hydrogens is 238 g/mol. The van der Waals surface area contributed by atoms with E-state index in [-0.39, 0.29) is 11.8 Å². The van der Waals surface area contributed by atoms with Crippen LogP contribution >= 0.6 is 11.6 Å². The van der Waals surface area contributed by atoms with Gasteiger partial charge in [0.05, 0.1) is 11.3 Å². The van der Waals surface area contributed by atoms with Crippen molar-refractivity contribution in [2.24, 2.45) is 5.92 Å². The summed E-state index contributed by atoms with van der Waals surface area (Å²) < 4.78 is 0. The molecule has 1 unspecified atom stereocenters. The number of halogens is 1.